The highest BCUT2D eigenvalue weighted by atomic mass is 79.9. The molecule has 0 aromatic heterocycles. The highest BCUT2D eigenvalue weighted by Gasteiger charge is 2.08. The van der Waals surface area contributed by atoms with Crippen LogP contribution in [-0.4, -0.2) is 13.7 Å². The largest absolute Gasteiger partial charge is 0.495 e. The first-order valence-corrected chi connectivity index (χ1v) is 5.19. The molecule has 0 aliphatic carbocycles. The second-order valence-electron chi connectivity index (χ2n) is 2.70. The number of ether oxygens (including phenoxy) is 1. The minimum absolute atomic E-state index is 0.434. The Morgan fingerprint density at radius 3 is 2.79 bits per heavy atom. The summed E-state index contributed by atoms with van der Waals surface area (Å²) >= 11 is 9.34. The molecule has 14 heavy (non-hydrogen) atoms. The van der Waals surface area contributed by atoms with Crippen LogP contribution in [0.15, 0.2) is 16.6 Å². The van der Waals surface area contributed by atoms with Gasteiger partial charge in [-0.05, 0) is 17.7 Å². The Hall–Kier alpha value is -0.290. The first-order chi connectivity index (χ1) is 6.69. The number of hydrogen-bond donors (Lipinski definition) is 1. The van der Waals surface area contributed by atoms with Gasteiger partial charge in [0.15, 0.2) is 0 Å². The maximum absolute atomic E-state index is 5.99. The van der Waals surface area contributed by atoms with Crippen molar-refractivity contribution < 1.29 is 9.57 Å². The van der Waals surface area contributed by atoms with E-state index >= 15 is 0 Å². The SMILES string of the molecule is COc1c(Cl)cc(Br)cc1CCON. The molecule has 2 N–H and O–H groups in total. The fourth-order valence-electron chi connectivity index (χ4n) is 1.20. The van der Waals surface area contributed by atoms with E-state index in [2.05, 4.69) is 20.8 Å². The average molecular weight is 281 g/mol. The Labute approximate surface area is 96.2 Å². The van der Waals surface area contributed by atoms with Crippen molar-refractivity contribution in [2.45, 2.75) is 6.42 Å². The minimum Gasteiger partial charge on any atom is -0.495 e. The molecule has 0 saturated heterocycles. The summed E-state index contributed by atoms with van der Waals surface area (Å²) in [4.78, 5) is 4.51. The monoisotopic (exact) mass is 279 g/mol. The van der Waals surface area contributed by atoms with Crippen LogP contribution in [0, 0.1) is 0 Å². The van der Waals surface area contributed by atoms with E-state index in [1.165, 1.54) is 0 Å². The summed E-state index contributed by atoms with van der Waals surface area (Å²) in [7, 11) is 1.59. The van der Waals surface area contributed by atoms with Crippen LogP contribution in [0.5, 0.6) is 5.75 Å². The van der Waals surface area contributed by atoms with Crippen molar-refractivity contribution in [3.05, 3.63) is 27.2 Å². The molecule has 1 aromatic rings. The molecule has 78 valence electrons. The number of nitrogens with two attached hydrogens (primary N) is 1. The third-order valence-corrected chi connectivity index (χ3v) is 2.52. The maximum Gasteiger partial charge on any atom is 0.140 e. The van der Waals surface area contributed by atoms with Crippen molar-refractivity contribution in [1.29, 1.82) is 0 Å². The smallest absolute Gasteiger partial charge is 0.140 e. The predicted molar refractivity (Wildman–Crippen MR) is 59.5 cm³/mol. The third kappa shape index (κ3) is 2.85. The Kier molecular flexibility index (Phi) is 4.68. The summed E-state index contributed by atoms with van der Waals surface area (Å²) in [6.07, 6.45) is 0.666. The molecule has 0 atom stereocenters. The van der Waals surface area contributed by atoms with E-state index in [9.17, 15) is 0 Å². The van der Waals surface area contributed by atoms with Gasteiger partial charge in [-0.2, -0.15) is 0 Å². The van der Waals surface area contributed by atoms with E-state index < -0.39 is 0 Å². The number of benzene rings is 1. The molecule has 0 heterocycles. The molecule has 0 aliphatic heterocycles. The molecule has 5 heteroatoms. The normalized spacial score (nSPS) is 10.3. The van der Waals surface area contributed by atoms with Gasteiger partial charge in [-0.15, -0.1) is 0 Å². The van der Waals surface area contributed by atoms with Gasteiger partial charge in [-0.1, -0.05) is 27.5 Å². The first-order valence-electron chi connectivity index (χ1n) is 4.02. The van der Waals surface area contributed by atoms with Gasteiger partial charge in [0, 0.05) is 10.9 Å². The molecule has 0 amide bonds. The van der Waals surface area contributed by atoms with Crippen LogP contribution in [0.3, 0.4) is 0 Å². The predicted octanol–water partition coefficient (Wildman–Crippen LogP) is 2.54. The van der Waals surface area contributed by atoms with Crippen LogP contribution < -0.4 is 10.6 Å². The summed E-state index contributed by atoms with van der Waals surface area (Å²) in [6.45, 7) is 0.434. The van der Waals surface area contributed by atoms with E-state index in [0.717, 1.165) is 10.0 Å². The van der Waals surface area contributed by atoms with E-state index in [4.69, 9.17) is 22.2 Å². The van der Waals surface area contributed by atoms with Gasteiger partial charge in [0.1, 0.15) is 5.75 Å². The number of hydrogen-bond acceptors (Lipinski definition) is 3. The quantitative estimate of drug-likeness (QED) is 0.862. The average Bonchev–Trinajstić information content (AvgIpc) is 2.14. The third-order valence-electron chi connectivity index (χ3n) is 1.78. The highest BCUT2D eigenvalue weighted by Crippen LogP contribution is 2.32. The van der Waals surface area contributed by atoms with E-state index in [1.54, 1.807) is 13.2 Å². The van der Waals surface area contributed by atoms with Crippen molar-refractivity contribution in [3.63, 3.8) is 0 Å². The van der Waals surface area contributed by atoms with Gasteiger partial charge in [0.25, 0.3) is 0 Å². The van der Waals surface area contributed by atoms with E-state index in [-0.39, 0.29) is 0 Å². The van der Waals surface area contributed by atoms with Crippen LogP contribution in [0.1, 0.15) is 5.56 Å². The lowest BCUT2D eigenvalue weighted by Gasteiger charge is -2.10. The molecule has 0 aliphatic rings. The lowest BCUT2D eigenvalue weighted by atomic mass is 10.1. The second kappa shape index (κ2) is 5.56. The van der Waals surface area contributed by atoms with Crippen molar-refractivity contribution in [2.75, 3.05) is 13.7 Å². The molecule has 0 bridgehead atoms. The molecule has 0 radical (unpaired) electrons. The summed E-state index contributed by atoms with van der Waals surface area (Å²) in [6, 6.07) is 3.72. The Bertz CT molecular complexity index is 320. The first kappa shape index (κ1) is 11.8. The molecule has 0 saturated carbocycles. The Morgan fingerprint density at radius 2 is 2.21 bits per heavy atom. The van der Waals surface area contributed by atoms with Crippen LogP contribution >= 0.6 is 27.5 Å². The lowest BCUT2D eigenvalue weighted by Crippen LogP contribution is -2.05. The summed E-state index contributed by atoms with van der Waals surface area (Å²) in [5, 5.41) is 0.578. The van der Waals surface area contributed by atoms with Crippen molar-refractivity contribution in [1.82, 2.24) is 0 Å². The highest BCUT2D eigenvalue weighted by molar-refractivity contribution is 9.10. The van der Waals surface area contributed by atoms with Crippen LogP contribution in [0.4, 0.5) is 0 Å². The molecule has 0 spiro atoms. The standard InChI is InChI=1S/C9H11BrClNO2/c1-13-9-6(2-3-14-12)4-7(10)5-8(9)11/h4-5H,2-3,12H2,1H3. The summed E-state index contributed by atoms with van der Waals surface area (Å²) < 4.78 is 6.09. The zero-order valence-electron chi connectivity index (χ0n) is 7.72. The molecule has 3 nitrogen and oxygen atoms in total. The molecular weight excluding hydrogens is 269 g/mol. The fourth-order valence-corrected chi connectivity index (χ4v) is 2.15. The van der Waals surface area contributed by atoms with E-state index in [1.807, 2.05) is 6.07 Å². The van der Waals surface area contributed by atoms with Crippen molar-refractivity contribution in [3.8, 4) is 5.75 Å². The van der Waals surface area contributed by atoms with Gasteiger partial charge in [-0.25, -0.2) is 5.90 Å². The molecule has 0 unspecified atom stereocenters. The zero-order chi connectivity index (χ0) is 10.6. The molecular formula is C9H11BrClNO2. The van der Waals surface area contributed by atoms with Crippen LogP contribution in [0.25, 0.3) is 0 Å². The summed E-state index contributed by atoms with van der Waals surface area (Å²) in [5.41, 5.74) is 0.970. The topological polar surface area (TPSA) is 44.5 Å². The lowest BCUT2D eigenvalue weighted by molar-refractivity contribution is 0.140. The second-order valence-corrected chi connectivity index (χ2v) is 4.02. The van der Waals surface area contributed by atoms with E-state index in [0.29, 0.717) is 23.8 Å². The van der Waals surface area contributed by atoms with Gasteiger partial charge >= 0.3 is 0 Å². The van der Waals surface area contributed by atoms with Gasteiger partial charge in [-0.3, -0.25) is 0 Å². The van der Waals surface area contributed by atoms with Crippen molar-refractivity contribution in [2.24, 2.45) is 5.90 Å². The fraction of sp³-hybridized carbons (Fsp3) is 0.333. The number of rotatable bonds is 4. The summed E-state index contributed by atoms with van der Waals surface area (Å²) in [5.74, 6) is 5.63. The van der Waals surface area contributed by atoms with Gasteiger partial charge in [0.2, 0.25) is 0 Å². The molecule has 0 fully saturated rings. The molecule has 1 aromatic carbocycles. The maximum atomic E-state index is 5.99. The Balaban J connectivity index is 2.99. The number of methoxy groups -OCH3 is 1. The molecule has 1 rings (SSSR count). The Morgan fingerprint density at radius 1 is 1.50 bits per heavy atom. The zero-order valence-corrected chi connectivity index (χ0v) is 10.1. The van der Waals surface area contributed by atoms with Gasteiger partial charge < -0.3 is 9.57 Å². The van der Waals surface area contributed by atoms with Crippen LogP contribution in [0.2, 0.25) is 5.02 Å². The van der Waals surface area contributed by atoms with Gasteiger partial charge in [0.05, 0.1) is 18.7 Å². The van der Waals surface area contributed by atoms with Crippen LogP contribution in [-0.2, 0) is 11.3 Å². The minimum atomic E-state index is 0.434. The number of halogens is 2. The van der Waals surface area contributed by atoms with Crippen molar-refractivity contribution >= 4 is 27.5 Å².